The van der Waals surface area contributed by atoms with Crippen LogP contribution in [0.1, 0.15) is 22.2 Å². The van der Waals surface area contributed by atoms with E-state index < -0.39 is 11.8 Å². The lowest BCUT2D eigenvalue weighted by molar-refractivity contribution is -0.123. The van der Waals surface area contributed by atoms with Gasteiger partial charge in [0.2, 0.25) is 0 Å². The Morgan fingerprint density at radius 3 is 2.58 bits per heavy atom. The number of thiophene rings is 1. The molecule has 0 spiro atoms. The van der Waals surface area contributed by atoms with Crippen LogP contribution >= 0.6 is 22.9 Å². The quantitative estimate of drug-likeness (QED) is 0.650. The molecular weight excluding hydrogens is 372 g/mol. The first-order chi connectivity index (χ1) is 12.6. The second-order valence-electron chi connectivity index (χ2n) is 5.49. The molecule has 3 aromatic rings. The van der Waals surface area contributed by atoms with Gasteiger partial charge in [-0.05, 0) is 24.1 Å². The van der Waals surface area contributed by atoms with Crippen molar-refractivity contribution in [3.8, 4) is 5.75 Å². The van der Waals surface area contributed by atoms with E-state index in [2.05, 4.69) is 10.9 Å². The maximum atomic E-state index is 12.3. The van der Waals surface area contributed by atoms with Crippen molar-refractivity contribution in [2.75, 3.05) is 6.61 Å². The van der Waals surface area contributed by atoms with Gasteiger partial charge < -0.3 is 4.74 Å². The van der Waals surface area contributed by atoms with Gasteiger partial charge >= 0.3 is 0 Å². The van der Waals surface area contributed by atoms with Gasteiger partial charge in [0.1, 0.15) is 10.6 Å². The van der Waals surface area contributed by atoms with Crippen LogP contribution in [0, 0.1) is 0 Å². The lowest BCUT2D eigenvalue weighted by Gasteiger charge is -2.11. The zero-order chi connectivity index (χ0) is 18.5. The predicted octanol–water partition coefficient (Wildman–Crippen LogP) is 3.96. The smallest absolute Gasteiger partial charge is 0.281 e. The number of amides is 2. The Kier molecular flexibility index (Phi) is 5.75. The lowest BCUT2D eigenvalue weighted by Crippen LogP contribution is -2.43. The third kappa shape index (κ3) is 3.98. The van der Waals surface area contributed by atoms with Gasteiger partial charge in [0.25, 0.3) is 11.8 Å². The summed E-state index contributed by atoms with van der Waals surface area (Å²) in [5.74, 6) is -0.260. The van der Waals surface area contributed by atoms with Crippen LogP contribution in [0.4, 0.5) is 0 Å². The molecule has 3 rings (SSSR count). The van der Waals surface area contributed by atoms with Gasteiger partial charge in [-0.25, -0.2) is 0 Å². The Morgan fingerprint density at radius 1 is 1.08 bits per heavy atom. The van der Waals surface area contributed by atoms with E-state index >= 15 is 0 Å². The molecule has 26 heavy (non-hydrogen) atoms. The Morgan fingerprint density at radius 2 is 1.81 bits per heavy atom. The van der Waals surface area contributed by atoms with Crippen LogP contribution in [0.5, 0.6) is 5.75 Å². The first kappa shape index (κ1) is 18.2. The average Bonchev–Trinajstić information content (AvgIpc) is 3.01. The molecule has 2 aromatic carbocycles. The minimum Gasteiger partial charge on any atom is -0.483 e. The third-order valence-electron chi connectivity index (χ3n) is 3.77. The zero-order valence-corrected chi connectivity index (χ0v) is 15.6. The number of benzene rings is 2. The van der Waals surface area contributed by atoms with E-state index in [1.54, 1.807) is 0 Å². The molecule has 1 aromatic heterocycles. The van der Waals surface area contributed by atoms with E-state index in [1.165, 1.54) is 11.3 Å². The second-order valence-corrected chi connectivity index (χ2v) is 6.92. The van der Waals surface area contributed by atoms with Gasteiger partial charge in [0.05, 0.1) is 5.02 Å². The fraction of sp³-hybridized carbons (Fsp3) is 0.158. The summed E-state index contributed by atoms with van der Waals surface area (Å²) in [6.07, 6.45) is 0.805. The molecule has 0 fully saturated rings. The van der Waals surface area contributed by atoms with Crippen LogP contribution in [0.25, 0.3) is 10.1 Å². The number of carbonyl (C=O) groups is 2. The largest absolute Gasteiger partial charge is 0.483 e. The number of nitrogens with one attached hydrogen (secondary N) is 2. The Bertz CT molecular complexity index is 955. The molecule has 0 saturated heterocycles. The van der Waals surface area contributed by atoms with Crippen LogP contribution in [-0.2, 0) is 11.2 Å². The summed E-state index contributed by atoms with van der Waals surface area (Å²) in [6, 6.07) is 15.0. The summed E-state index contributed by atoms with van der Waals surface area (Å²) in [5.41, 5.74) is 5.73. The van der Waals surface area contributed by atoms with Crippen LogP contribution in [0.15, 0.2) is 48.5 Å². The maximum absolute atomic E-state index is 12.3. The number of halogens is 1. The summed E-state index contributed by atoms with van der Waals surface area (Å²) < 4.78 is 6.42. The molecule has 0 aliphatic heterocycles. The minimum absolute atomic E-state index is 0.197. The molecule has 0 aliphatic rings. The number of hydrazine groups is 1. The number of hydrogen-bond acceptors (Lipinski definition) is 4. The van der Waals surface area contributed by atoms with Gasteiger partial charge in [-0.15, -0.1) is 11.3 Å². The predicted molar refractivity (Wildman–Crippen MR) is 104 cm³/mol. The molecule has 2 N–H and O–H groups in total. The number of para-hydroxylation sites is 1. The van der Waals surface area contributed by atoms with Crippen LogP contribution in [0.3, 0.4) is 0 Å². The van der Waals surface area contributed by atoms with Gasteiger partial charge in [-0.2, -0.15) is 0 Å². The highest BCUT2D eigenvalue weighted by Gasteiger charge is 2.17. The lowest BCUT2D eigenvalue weighted by atomic mass is 10.1. The maximum Gasteiger partial charge on any atom is 0.281 e. The number of aryl methyl sites for hydroxylation is 1. The molecule has 0 aliphatic carbocycles. The van der Waals surface area contributed by atoms with Gasteiger partial charge in [0.15, 0.2) is 6.61 Å². The summed E-state index contributed by atoms with van der Waals surface area (Å²) in [5, 5.41) is 1.20. The van der Waals surface area contributed by atoms with Crippen molar-refractivity contribution in [2.45, 2.75) is 13.3 Å². The third-order valence-corrected chi connectivity index (χ3v) is 5.44. The molecule has 134 valence electrons. The molecule has 1 heterocycles. The monoisotopic (exact) mass is 388 g/mol. The summed E-state index contributed by atoms with van der Waals surface area (Å²) in [6.45, 7) is 1.81. The molecule has 5 nitrogen and oxygen atoms in total. The standard InChI is InChI=1S/C19H17ClN2O3S/c1-2-12-7-3-5-9-14(12)25-11-16(23)21-22-19(24)18-17(20)13-8-4-6-10-15(13)26-18/h3-10H,2,11H2,1H3,(H,21,23)(H,22,24). The summed E-state index contributed by atoms with van der Waals surface area (Å²) >= 11 is 7.53. The number of fused-ring (bicyclic) bond motifs is 1. The van der Waals surface area contributed by atoms with Crippen molar-refractivity contribution in [1.29, 1.82) is 0 Å². The van der Waals surface area contributed by atoms with E-state index in [0.29, 0.717) is 15.6 Å². The number of hydrogen-bond donors (Lipinski definition) is 2. The summed E-state index contributed by atoms with van der Waals surface area (Å²) in [4.78, 5) is 24.6. The minimum atomic E-state index is -0.460. The number of rotatable bonds is 5. The van der Waals surface area contributed by atoms with Crippen LogP contribution < -0.4 is 15.6 Å². The molecule has 0 saturated carbocycles. The first-order valence-electron chi connectivity index (χ1n) is 8.07. The highest BCUT2D eigenvalue weighted by atomic mass is 35.5. The van der Waals surface area contributed by atoms with E-state index in [0.717, 1.165) is 22.1 Å². The van der Waals surface area contributed by atoms with Gasteiger partial charge in [-0.1, -0.05) is 54.9 Å². The normalized spacial score (nSPS) is 10.5. The molecular formula is C19H17ClN2O3S. The van der Waals surface area contributed by atoms with E-state index in [1.807, 2.05) is 55.5 Å². The van der Waals surface area contributed by atoms with E-state index in [-0.39, 0.29) is 6.61 Å². The molecule has 7 heteroatoms. The van der Waals surface area contributed by atoms with Crippen molar-refractivity contribution in [2.24, 2.45) is 0 Å². The Hall–Kier alpha value is -2.57. The number of ether oxygens (including phenoxy) is 1. The Balaban J connectivity index is 1.57. The second kappa shape index (κ2) is 8.21. The van der Waals surface area contributed by atoms with Crippen molar-refractivity contribution < 1.29 is 14.3 Å². The first-order valence-corrected chi connectivity index (χ1v) is 9.26. The fourth-order valence-corrected chi connectivity index (χ4v) is 3.87. The Labute approximate surface area is 159 Å². The van der Waals surface area contributed by atoms with E-state index in [9.17, 15) is 9.59 Å². The van der Waals surface area contributed by atoms with Crippen LogP contribution in [-0.4, -0.2) is 18.4 Å². The van der Waals surface area contributed by atoms with Crippen molar-refractivity contribution in [1.82, 2.24) is 10.9 Å². The molecule has 0 radical (unpaired) electrons. The highest BCUT2D eigenvalue weighted by molar-refractivity contribution is 7.21. The van der Waals surface area contributed by atoms with Crippen LogP contribution in [0.2, 0.25) is 5.02 Å². The molecule has 0 unspecified atom stereocenters. The van der Waals surface area contributed by atoms with Gasteiger partial charge in [0, 0.05) is 10.1 Å². The highest BCUT2D eigenvalue weighted by Crippen LogP contribution is 2.34. The summed E-state index contributed by atoms with van der Waals surface area (Å²) in [7, 11) is 0. The molecule has 0 bridgehead atoms. The SMILES string of the molecule is CCc1ccccc1OCC(=O)NNC(=O)c1sc2ccccc2c1Cl. The zero-order valence-electron chi connectivity index (χ0n) is 14.0. The molecule has 2 amide bonds. The molecule has 0 atom stereocenters. The van der Waals surface area contributed by atoms with Crippen molar-refractivity contribution >= 4 is 44.8 Å². The number of carbonyl (C=O) groups excluding carboxylic acids is 2. The fourth-order valence-electron chi connectivity index (χ4n) is 2.46. The topological polar surface area (TPSA) is 67.4 Å². The van der Waals surface area contributed by atoms with E-state index in [4.69, 9.17) is 16.3 Å². The average molecular weight is 389 g/mol. The van der Waals surface area contributed by atoms with Crippen molar-refractivity contribution in [3.05, 3.63) is 64.0 Å². The van der Waals surface area contributed by atoms with Crippen molar-refractivity contribution in [3.63, 3.8) is 0 Å². The van der Waals surface area contributed by atoms with Gasteiger partial charge in [-0.3, -0.25) is 20.4 Å².